The lowest BCUT2D eigenvalue weighted by atomic mass is 9.71. The van der Waals surface area contributed by atoms with Crippen molar-refractivity contribution in [3.8, 4) is 5.75 Å². The number of halogens is 1. The molecule has 1 aliphatic carbocycles. The number of carboxylic acids is 1. The lowest BCUT2D eigenvalue weighted by Gasteiger charge is -2.41. The summed E-state index contributed by atoms with van der Waals surface area (Å²) in [5, 5.41) is 45.2. The topological polar surface area (TPSA) is 174 Å². The number of hydrogen-bond acceptors (Lipinski definition) is 9. The molecule has 0 aliphatic heterocycles. The van der Waals surface area contributed by atoms with Crippen molar-refractivity contribution in [2.24, 2.45) is 11.7 Å². The predicted molar refractivity (Wildman–Crippen MR) is 185 cm³/mol. The molecule has 260 valence electrons. The highest BCUT2D eigenvalue weighted by atomic mass is 35.5. The molecule has 47 heavy (non-hydrogen) atoms. The zero-order chi connectivity index (χ0) is 34.3. The van der Waals surface area contributed by atoms with Crippen LogP contribution >= 0.6 is 12.4 Å². The van der Waals surface area contributed by atoms with Gasteiger partial charge in [-0.05, 0) is 63.2 Å². The van der Waals surface area contributed by atoms with E-state index in [0.717, 1.165) is 37.1 Å². The summed E-state index contributed by atoms with van der Waals surface area (Å²) in [5.41, 5.74) is 5.97. The predicted octanol–water partition coefficient (Wildman–Crippen LogP) is 3.82. The molecule has 4 rings (SSSR count). The van der Waals surface area contributed by atoms with Gasteiger partial charge in [0.15, 0.2) is 5.78 Å². The van der Waals surface area contributed by atoms with Gasteiger partial charge in [-0.15, -0.1) is 12.4 Å². The largest absolute Gasteiger partial charge is 0.497 e. The number of benzene rings is 3. The second kappa shape index (κ2) is 20.1. The first-order valence-corrected chi connectivity index (χ1v) is 15.4. The van der Waals surface area contributed by atoms with Crippen molar-refractivity contribution >= 4 is 24.2 Å². The third-order valence-corrected chi connectivity index (χ3v) is 8.19. The van der Waals surface area contributed by atoms with Crippen LogP contribution in [0, 0.1) is 5.92 Å². The Morgan fingerprint density at radius 2 is 1.53 bits per heavy atom. The second-order valence-electron chi connectivity index (χ2n) is 12.1. The van der Waals surface area contributed by atoms with Crippen LogP contribution in [0.15, 0.2) is 78.9 Å². The fourth-order valence-corrected chi connectivity index (χ4v) is 5.18. The standard InChI is InChI=1S/C16H25NO2.C16H14O3.C4H11NO3.ClH/c1-17(2)12-14-7-4-5-10-16(14,18)13-8-6-9-15(11-13)19-3;1-11(16(18)19)13-8-5-9-14(10-13)15(17)12-6-3-2-4-7-12;5-4(1-6,2-7)3-8;/h6,8-9,11,14,18H,4-5,7,10,12H2,1-3H3;2-11H,1H3,(H,18,19);6-8H,1-3,5H2;1H/t14-,16+;11-;;/m10../s1. The number of nitrogens with two attached hydrogens (primary N) is 1. The summed E-state index contributed by atoms with van der Waals surface area (Å²) in [6, 6.07) is 23.6. The number of carboxylic acid groups (broad SMARTS) is 1. The maximum absolute atomic E-state index is 12.2. The Morgan fingerprint density at radius 3 is 2.06 bits per heavy atom. The van der Waals surface area contributed by atoms with E-state index in [4.69, 9.17) is 30.9 Å². The molecule has 1 fully saturated rings. The molecule has 3 aromatic rings. The Kier molecular flexibility index (Phi) is 17.8. The van der Waals surface area contributed by atoms with Gasteiger partial charge in [-0.25, -0.2) is 0 Å². The number of aliphatic hydroxyl groups excluding tert-OH is 3. The van der Waals surface area contributed by atoms with Crippen LogP contribution in [-0.2, 0) is 10.4 Å². The molecule has 3 atom stereocenters. The second-order valence-corrected chi connectivity index (χ2v) is 12.1. The zero-order valence-corrected chi connectivity index (χ0v) is 28.5. The van der Waals surface area contributed by atoms with E-state index in [2.05, 4.69) is 19.0 Å². The highest BCUT2D eigenvalue weighted by Gasteiger charge is 2.40. The number of nitrogens with zero attached hydrogens (tertiary/aromatic N) is 1. The van der Waals surface area contributed by atoms with E-state index in [9.17, 15) is 14.7 Å². The van der Waals surface area contributed by atoms with Crippen LogP contribution < -0.4 is 10.5 Å². The van der Waals surface area contributed by atoms with Gasteiger partial charge in [-0.1, -0.05) is 73.5 Å². The van der Waals surface area contributed by atoms with E-state index in [1.165, 1.54) is 6.42 Å². The summed E-state index contributed by atoms with van der Waals surface area (Å²) in [5.74, 6) is -0.503. The van der Waals surface area contributed by atoms with Gasteiger partial charge in [0.05, 0.1) is 44.0 Å². The molecule has 3 aromatic carbocycles. The molecule has 0 aromatic heterocycles. The number of ketones is 1. The number of carbonyl (C=O) groups excluding carboxylic acids is 1. The summed E-state index contributed by atoms with van der Waals surface area (Å²) in [4.78, 5) is 25.4. The zero-order valence-electron chi connectivity index (χ0n) is 27.7. The molecule has 7 N–H and O–H groups in total. The third-order valence-electron chi connectivity index (χ3n) is 8.19. The van der Waals surface area contributed by atoms with E-state index in [1.807, 2.05) is 30.3 Å². The lowest BCUT2D eigenvalue weighted by molar-refractivity contribution is -0.138. The van der Waals surface area contributed by atoms with Gasteiger partial charge < -0.3 is 40.9 Å². The van der Waals surface area contributed by atoms with Crippen molar-refractivity contribution in [2.75, 3.05) is 47.6 Å². The minimum Gasteiger partial charge on any atom is -0.497 e. The molecule has 0 amide bonds. The number of ether oxygens (including phenoxy) is 1. The van der Waals surface area contributed by atoms with Crippen LogP contribution in [-0.4, -0.2) is 95.3 Å². The monoisotopic (exact) mass is 674 g/mol. The van der Waals surface area contributed by atoms with Crippen molar-refractivity contribution in [1.29, 1.82) is 0 Å². The van der Waals surface area contributed by atoms with Gasteiger partial charge >= 0.3 is 5.97 Å². The first-order valence-electron chi connectivity index (χ1n) is 15.4. The summed E-state index contributed by atoms with van der Waals surface area (Å²) in [6.45, 7) is 1.32. The fraction of sp³-hybridized carbons (Fsp3) is 0.444. The first-order chi connectivity index (χ1) is 21.8. The molecular weight excluding hydrogens is 624 g/mol. The molecule has 10 nitrogen and oxygen atoms in total. The number of methoxy groups -OCH3 is 1. The Hall–Kier alpha value is -3.35. The molecule has 0 saturated heterocycles. The Balaban J connectivity index is 0.000000378. The smallest absolute Gasteiger partial charge is 0.310 e. The first kappa shape index (κ1) is 41.7. The molecule has 11 heteroatoms. The quantitative estimate of drug-likeness (QED) is 0.164. The SMILES string of the molecule is COc1cccc([C@@]2(O)CCCC[C@@H]2CN(C)C)c1.C[C@H](C(=O)O)c1cccc(C(=O)c2ccccc2)c1.Cl.NC(CO)(CO)CO. The normalized spacial score (nSPS) is 18.0. The summed E-state index contributed by atoms with van der Waals surface area (Å²) in [7, 11) is 5.81. The van der Waals surface area contributed by atoms with Crippen molar-refractivity contribution in [1.82, 2.24) is 4.90 Å². The molecule has 1 saturated carbocycles. The van der Waals surface area contributed by atoms with Crippen molar-refractivity contribution in [3.63, 3.8) is 0 Å². The Morgan fingerprint density at radius 1 is 0.936 bits per heavy atom. The van der Waals surface area contributed by atoms with E-state index in [-0.39, 0.29) is 18.2 Å². The number of rotatable bonds is 11. The molecule has 0 bridgehead atoms. The van der Waals surface area contributed by atoms with Crippen LogP contribution in [0.5, 0.6) is 5.75 Å². The summed E-state index contributed by atoms with van der Waals surface area (Å²) < 4.78 is 5.29. The average molecular weight is 675 g/mol. The van der Waals surface area contributed by atoms with Gasteiger partial charge in [-0.3, -0.25) is 9.59 Å². The Bertz CT molecular complexity index is 1360. The molecule has 0 spiro atoms. The van der Waals surface area contributed by atoms with Gasteiger partial charge in [-0.2, -0.15) is 0 Å². The van der Waals surface area contributed by atoms with Crippen LogP contribution in [0.3, 0.4) is 0 Å². The van der Waals surface area contributed by atoms with E-state index >= 15 is 0 Å². The van der Waals surface area contributed by atoms with Crippen LogP contribution in [0.4, 0.5) is 0 Å². The molecule has 1 aliphatic rings. The van der Waals surface area contributed by atoms with Gasteiger partial charge in [0, 0.05) is 23.6 Å². The minimum atomic E-state index is -1.21. The maximum Gasteiger partial charge on any atom is 0.310 e. The van der Waals surface area contributed by atoms with Gasteiger partial charge in [0.25, 0.3) is 0 Å². The third kappa shape index (κ3) is 12.3. The van der Waals surface area contributed by atoms with E-state index < -0.39 is 42.8 Å². The lowest BCUT2D eigenvalue weighted by Crippen LogP contribution is -2.50. The van der Waals surface area contributed by atoms with E-state index in [1.54, 1.807) is 62.6 Å². The van der Waals surface area contributed by atoms with Crippen molar-refractivity contribution < 1.29 is 39.9 Å². The minimum absolute atomic E-state index is 0. The van der Waals surface area contributed by atoms with Crippen molar-refractivity contribution in [3.05, 3.63) is 101 Å². The average Bonchev–Trinajstić information content (AvgIpc) is 3.09. The number of aliphatic hydroxyl groups is 4. The number of hydrogen-bond donors (Lipinski definition) is 6. The van der Waals surface area contributed by atoms with Gasteiger partial charge in [0.1, 0.15) is 5.75 Å². The highest BCUT2D eigenvalue weighted by molar-refractivity contribution is 6.09. The van der Waals surface area contributed by atoms with Crippen LogP contribution in [0.25, 0.3) is 0 Å². The van der Waals surface area contributed by atoms with Gasteiger partial charge in [0.2, 0.25) is 0 Å². The van der Waals surface area contributed by atoms with Crippen LogP contribution in [0.2, 0.25) is 0 Å². The summed E-state index contributed by atoms with van der Waals surface area (Å²) in [6.07, 6.45) is 4.24. The molecule has 0 heterocycles. The molecule has 0 radical (unpaired) electrons. The Labute approximate surface area is 284 Å². The maximum atomic E-state index is 12.2. The van der Waals surface area contributed by atoms with Crippen LogP contribution in [0.1, 0.15) is 65.6 Å². The number of aliphatic carboxylic acids is 1. The van der Waals surface area contributed by atoms with Crippen molar-refractivity contribution in [2.45, 2.75) is 49.7 Å². The molecular formula is C36H51ClN2O8. The molecule has 0 unspecified atom stereocenters. The highest BCUT2D eigenvalue weighted by Crippen LogP contribution is 2.42. The summed E-state index contributed by atoms with van der Waals surface area (Å²) >= 11 is 0. The van der Waals surface area contributed by atoms with E-state index in [0.29, 0.717) is 22.6 Å². The fourth-order valence-electron chi connectivity index (χ4n) is 5.18. The number of carbonyl (C=O) groups is 2.